The molecule has 1 atom stereocenters. The molecule has 7 nitrogen and oxygen atoms in total. The van der Waals surface area contributed by atoms with Crippen LogP contribution in [0, 0.1) is 11.3 Å². The molecule has 2 N–H and O–H groups in total. The number of aliphatic carboxylic acids is 1. The van der Waals surface area contributed by atoms with Gasteiger partial charge in [-0.2, -0.15) is 18.4 Å². The highest BCUT2D eigenvalue weighted by atomic mass is 19.4. The fourth-order valence-corrected chi connectivity index (χ4v) is 4.57. The number of carboxylic acid groups (broad SMARTS) is 1. The van der Waals surface area contributed by atoms with Crippen LogP contribution in [-0.4, -0.2) is 50.6 Å². The number of halogens is 3. The van der Waals surface area contributed by atoms with Gasteiger partial charge in [0.2, 0.25) is 0 Å². The maximum atomic E-state index is 13.6. The van der Waals surface area contributed by atoms with Crippen molar-refractivity contribution >= 4 is 23.0 Å². The summed E-state index contributed by atoms with van der Waals surface area (Å²) in [6.07, 6.45) is -3.21. The number of benzene rings is 2. The third-order valence-corrected chi connectivity index (χ3v) is 6.29. The lowest BCUT2D eigenvalue weighted by molar-refractivity contribution is -0.138. The molecule has 0 saturated carbocycles. The van der Waals surface area contributed by atoms with Crippen LogP contribution in [-0.2, 0) is 20.4 Å². The summed E-state index contributed by atoms with van der Waals surface area (Å²) in [4.78, 5) is 13.6. The third-order valence-electron chi connectivity index (χ3n) is 6.29. The molecule has 0 radical (unpaired) electrons. The Balaban J connectivity index is 2.08. The zero-order chi connectivity index (χ0) is 26.3. The minimum atomic E-state index is -4.68. The highest BCUT2D eigenvalue weighted by Crippen LogP contribution is 2.38. The van der Waals surface area contributed by atoms with Gasteiger partial charge in [-0.1, -0.05) is 6.07 Å². The molecule has 194 valence electrons. The molecule has 36 heavy (non-hydrogen) atoms. The molecule has 0 spiro atoms. The first-order valence-corrected chi connectivity index (χ1v) is 11.7. The van der Waals surface area contributed by atoms with Gasteiger partial charge in [-0.3, -0.25) is 4.79 Å². The van der Waals surface area contributed by atoms with Crippen LogP contribution in [0.5, 0.6) is 0 Å². The number of hydrogen-bond donors (Lipinski definition) is 2. The molecule has 0 bridgehead atoms. The molecule has 1 fully saturated rings. The molecular weight excluding hydrogens is 475 g/mol. The van der Waals surface area contributed by atoms with Crippen molar-refractivity contribution in [3.63, 3.8) is 0 Å². The summed E-state index contributed by atoms with van der Waals surface area (Å²) in [6, 6.07) is 10.8. The summed E-state index contributed by atoms with van der Waals surface area (Å²) in [5, 5.41) is 21.6. The fourth-order valence-electron chi connectivity index (χ4n) is 4.57. The maximum Gasteiger partial charge on any atom is 0.417 e. The average molecular weight is 506 g/mol. The first-order chi connectivity index (χ1) is 17.2. The normalized spacial score (nSPS) is 15.2. The largest absolute Gasteiger partial charge is 0.481 e. The number of nitrogens with one attached hydrogen (secondary N) is 1. The molecule has 0 amide bonds. The van der Waals surface area contributed by atoms with Crippen LogP contribution in [0.15, 0.2) is 36.4 Å². The SMILES string of the molecule is CCN(c1ccc(C(COC)CC(=O)O)cc1Nc1ccc(C#N)c(C(F)(F)F)c1)C1CCOCC1. The Morgan fingerprint density at radius 2 is 2.00 bits per heavy atom. The van der Waals surface area contributed by atoms with Crippen molar-refractivity contribution in [3.8, 4) is 6.07 Å². The summed E-state index contributed by atoms with van der Waals surface area (Å²) in [6.45, 7) is 4.10. The Morgan fingerprint density at radius 3 is 2.58 bits per heavy atom. The fraction of sp³-hybridized carbons (Fsp3) is 0.462. The van der Waals surface area contributed by atoms with E-state index in [1.54, 1.807) is 12.1 Å². The van der Waals surface area contributed by atoms with E-state index in [9.17, 15) is 23.1 Å². The van der Waals surface area contributed by atoms with E-state index in [1.807, 2.05) is 19.1 Å². The first kappa shape index (κ1) is 27.3. The number of methoxy groups -OCH3 is 1. The molecule has 1 aliphatic rings. The lowest BCUT2D eigenvalue weighted by atomic mass is 9.94. The summed E-state index contributed by atoms with van der Waals surface area (Å²) < 4.78 is 51.4. The second-order valence-corrected chi connectivity index (χ2v) is 8.65. The second kappa shape index (κ2) is 12.1. The Kier molecular flexibility index (Phi) is 9.18. The second-order valence-electron chi connectivity index (χ2n) is 8.65. The highest BCUT2D eigenvalue weighted by molar-refractivity contribution is 5.77. The molecule has 0 aliphatic carbocycles. The van der Waals surface area contributed by atoms with Crippen LogP contribution in [0.1, 0.15) is 48.8 Å². The lowest BCUT2D eigenvalue weighted by Gasteiger charge is -2.37. The number of hydrogen-bond acceptors (Lipinski definition) is 6. The lowest BCUT2D eigenvalue weighted by Crippen LogP contribution is -2.39. The predicted molar refractivity (Wildman–Crippen MR) is 130 cm³/mol. The zero-order valence-corrected chi connectivity index (χ0v) is 20.3. The van der Waals surface area contributed by atoms with E-state index in [1.165, 1.54) is 13.2 Å². The van der Waals surface area contributed by atoms with Crippen LogP contribution in [0.3, 0.4) is 0 Å². The van der Waals surface area contributed by atoms with E-state index < -0.39 is 29.2 Å². The van der Waals surface area contributed by atoms with Crippen LogP contribution in [0.25, 0.3) is 0 Å². The Hall–Kier alpha value is -3.29. The monoisotopic (exact) mass is 505 g/mol. The molecule has 10 heteroatoms. The first-order valence-electron chi connectivity index (χ1n) is 11.7. The van der Waals surface area contributed by atoms with Crippen LogP contribution in [0.2, 0.25) is 0 Å². The van der Waals surface area contributed by atoms with Gasteiger partial charge in [-0.15, -0.1) is 0 Å². The Bertz CT molecular complexity index is 1090. The molecule has 1 unspecified atom stereocenters. The number of nitrogens with zero attached hydrogens (tertiary/aromatic N) is 2. The topological polar surface area (TPSA) is 94.8 Å². The minimum Gasteiger partial charge on any atom is -0.481 e. The van der Waals surface area contributed by atoms with E-state index in [4.69, 9.17) is 14.7 Å². The van der Waals surface area contributed by atoms with Gasteiger partial charge in [0.1, 0.15) is 0 Å². The van der Waals surface area contributed by atoms with E-state index >= 15 is 0 Å². The number of carbonyl (C=O) groups is 1. The van der Waals surface area contributed by atoms with E-state index in [0.29, 0.717) is 31.0 Å². The highest BCUT2D eigenvalue weighted by Gasteiger charge is 2.34. The molecule has 2 aromatic carbocycles. The smallest absolute Gasteiger partial charge is 0.417 e. The van der Waals surface area contributed by atoms with Crippen molar-refractivity contribution in [1.82, 2.24) is 0 Å². The Morgan fingerprint density at radius 1 is 1.28 bits per heavy atom. The maximum absolute atomic E-state index is 13.6. The third kappa shape index (κ3) is 6.68. The molecule has 2 aromatic rings. The van der Waals surface area contributed by atoms with Crippen molar-refractivity contribution in [2.24, 2.45) is 0 Å². The molecule has 3 rings (SSSR count). The van der Waals surface area contributed by atoms with Gasteiger partial charge in [-0.05, 0) is 55.7 Å². The summed E-state index contributed by atoms with van der Waals surface area (Å²) in [5.41, 5.74) is 0.721. The van der Waals surface area contributed by atoms with Gasteiger partial charge in [-0.25, -0.2) is 0 Å². The van der Waals surface area contributed by atoms with E-state index in [-0.39, 0.29) is 24.8 Å². The van der Waals surface area contributed by atoms with Gasteiger partial charge >= 0.3 is 12.1 Å². The van der Waals surface area contributed by atoms with Gasteiger partial charge in [0.05, 0.1) is 41.6 Å². The van der Waals surface area contributed by atoms with Crippen LogP contribution < -0.4 is 10.2 Å². The molecular formula is C26H30F3N3O4. The quantitative estimate of drug-likeness (QED) is 0.438. The van der Waals surface area contributed by atoms with Gasteiger partial charge in [0.15, 0.2) is 0 Å². The van der Waals surface area contributed by atoms with E-state index in [0.717, 1.165) is 30.7 Å². The minimum absolute atomic E-state index is 0.154. The number of rotatable bonds is 10. The predicted octanol–water partition coefficient (Wildman–Crippen LogP) is 5.53. The van der Waals surface area contributed by atoms with Crippen molar-refractivity contribution in [3.05, 3.63) is 53.1 Å². The average Bonchev–Trinajstić information content (AvgIpc) is 2.85. The number of anilines is 3. The number of carboxylic acids is 1. The zero-order valence-electron chi connectivity index (χ0n) is 20.3. The summed E-state index contributed by atoms with van der Waals surface area (Å²) in [7, 11) is 1.49. The molecule has 0 aromatic heterocycles. The molecule has 1 aliphatic heterocycles. The number of ether oxygens (including phenoxy) is 2. The van der Waals surface area contributed by atoms with Crippen molar-refractivity contribution in [2.75, 3.05) is 43.7 Å². The van der Waals surface area contributed by atoms with Crippen molar-refractivity contribution < 1.29 is 32.5 Å². The molecule has 1 saturated heterocycles. The summed E-state index contributed by atoms with van der Waals surface area (Å²) in [5.74, 6) is -1.41. The van der Waals surface area contributed by atoms with Crippen LogP contribution >= 0.6 is 0 Å². The standard InChI is InChI=1S/C26H30F3N3O4/c1-3-32(21-8-10-36-11-9-21)24-7-5-17(19(16-35-2)13-25(33)34)12-23(24)31-20-6-4-18(15-30)22(14-20)26(27,28)29/h4-7,12,14,19,21,31H,3,8-11,13,16H2,1-2H3,(H,33,34). The van der Waals surface area contributed by atoms with Gasteiger partial charge in [0.25, 0.3) is 0 Å². The number of alkyl halides is 3. The van der Waals surface area contributed by atoms with Crippen molar-refractivity contribution in [2.45, 2.75) is 44.3 Å². The Labute approximate surface area is 208 Å². The van der Waals surface area contributed by atoms with E-state index in [2.05, 4.69) is 10.2 Å². The molecule has 1 heterocycles. The van der Waals surface area contributed by atoms with Gasteiger partial charge in [0, 0.05) is 44.5 Å². The van der Waals surface area contributed by atoms with Gasteiger partial charge < -0.3 is 24.8 Å². The van der Waals surface area contributed by atoms with Crippen molar-refractivity contribution in [1.29, 1.82) is 5.26 Å². The number of nitriles is 1. The summed E-state index contributed by atoms with van der Waals surface area (Å²) >= 11 is 0. The van der Waals surface area contributed by atoms with Crippen LogP contribution in [0.4, 0.5) is 30.2 Å².